The molecule has 0 saturated heterocycles. The van der Waals surface area contributed by atoms with Gasteiger partial charge in [-0.3, -0.25) is 4.79 Å². The predicted molar refractivity (Wildman–Crippen MR) is 91.2 cm³/mol. The van der Waals surface area contributed by atoms with Crippen LogP contribution in [0, 0.1) is 0 Å². The van der Waals surface area contributed by atoms with E-state index in [1.807, 2.05) is 13.0 Å². The van der Waals surface area contributed by atoms with Crippen LogP contribution in [0.4, 0.5) is 0 Å². The van der Waals surface area contributed by atoms with Crippen LogP contribution in [0.1, 0.15) is 49.9 Å². The van der Waals surface area contributed by atoms with Crippen LogP contribution >= 0.6 is 11.6 Å². The molecule has 0 amide bonds. The smallest absolute Gasteiger partial charge is 0.306 e. The highest BCUT2D eigenvalue weighted by molar-refractivity contribution is 6.35. The van der Waals surface area contributed by atoms with Crippen molar-refractivity contribution in [2.24, 2.45) is 0 Å². The number of carboxylic acids is 1. The maximum absolute atomic E-state index is 11.4. The molecule has 1 aromatic heterocycles. The normalized spacial score (nSPS) is 20.7. The third kappa shape index (κ3) is 2.64. The molecule has 0 fully saturated rings. The van der Waals surface area contributed by atoms with E-state index in [0.29, 0.717) is 18.1 Å². The Morgan fingerprint density at radius 2 is 2.22 bits per heavy atom. The van der Waals surface area contributed by atoms with Gasteiger partial charge in [0.05, 0.1) is 29.3 Å². The summed E-state index contributed by atoms with van der Waals surface area (Å²) in [6.45, 7) is 4.72. The highest BCUT2D eigenvalue weighted by Gasteiger charge is 2.41. The molecule has 3 rings (SSSR count). The Balaban J connectivity index is 2.28. The van der Waals surface area contributed by atoms with Crippen molar-refractivity contribution in [2.75, 3.05) is 6.61 Å². The fourth-order valence-electron chi connectivity index (χ4n) is 3.84. The summed E-state index contributed by atoms with van der Waals surface area (Å²) in [5.41, 5.74) is 3.46. The third-order valence-electron chi connectivity index (χ3n) is 4.75. The number of H-pyrrole nitrogens is 1. The fourth-order valence-corrected chi connectivity index (χ4v) is 4.04. The molecular weight excluding hydrogens is 314 g/mol. The van der Waals surface area contributed by atoms with Gasteiger partial charge in [-0.1, -0.05) is 37.9 Å². The Bertz CT molecular complexity index is 752. The second-order valence-electron chi connectivity index (χ2n) is 6.20. The van der Waals surface area contributed by atoms with E-state index in [2.05, 4.69) is 18.0 Å². The van der Waals surface area contributed by atoms with Gasteiger partial charge >= 0.3 is 5.97 Å². The second-order valence-corrected chi connectivity index (χ2v) is 6.61. The minimum absolute atomic E-state index is 0.0280. The zero-order valence-corrected chi connectivity index (χ0v) is 14.3. The van der Waals surface area contributed by atoms with Crippen LogP contribution in [-0.4, -0.2) is 22.7 Å². The highest BCUT2D eigenvalue weighted by atomic mass is 35.5. The lowest BCUT2D eigenvalue weighted by Crippen LogP contribution is -2.37. The molecule has 0 bridgehead atoms. The molecular formula is C18H22ClNO3. The number of carbonyl (C=O) groups is 1. The summed E-state index contributed by atoms with van der Waals surface area (Å²) in [6, 6.07) is 3.97. The molecule has 0 unspecified atom stereocenters. The van der Waals surface area contributed by atoms with Gasteiger partial charge in [0.25, 0.3) is 0 Å². The van der Waals surface area contributed by atoms with Crippen LogP contribution in [0.3, 0.4) is 0 Å². The Kier molecular flexibility index (Phi) is 4.39. The standard InChI is InChI=1S/C18H22ClNO3/c1-3-8-18(10-14(21)22)17-12(7-9-23-18)15-11(4-2)5-6-13(19)16(15)20-17/h5-6,20H,3-4,7-10H2,1-2H3,(H,21,22)/t18-/m1/s1. The first-order valence-corrected chi connectivity index (χ1v) is 8.58. The molecule has 23 heavy (non-hydrogen) atoms. The van der Waals surface area contributed by atoms with E-state index >= 15 is 0 Å². The number of aliphatic carboxylic acids is 1. The van der Waals surface area contributed by atoms with Gasteiger partial charge in [-0.05, 0) is 36.5 Å². The number of ether oxygens (including phenoxy) is 1. The summed E-state index contributed by atoms with van der Waals surface area (Å²) in [4.78, 5) is 14.9. The van der Waals surface area contributed by atoms with Gasteiger partial charge in [0, 0.05) is 5.39 Å². The van der Waals surface area contributed by atoms with E-state index in [4.69, 9.17) is 16.3 Å². The van der Waals surface area contributed by atoms with Gasteiger partial charge in [-0.2, -0.15) is 0 Å². The SMILES string of the molecule is CCC[C@]1(CC(=O)O)OCCc2c1[nH]c1c(Cl)ccc(CC)c21. The average Bonchev–Trinajstić information content (AvgIpc) is 2.90. The summed E-state index contributed by atoms with van der Waals surface area (Å²) >= 11 is 6.39. The minimum Gasteiger partial charge on any atom is -0.481 e. The zero-order chi connectivity index (χ0) is 16.6. The van der Waals surface area contributed by atoms with Crippen molar-refractivity contribution in [2.45, 2.75) is 51.6 Å². The monoisotopic (exact) mass is 335 g/mol. The summed E-state index contributed by atoms with van der Waals surface area (Å²) < 4.78 is 6.03. The van der Waals surface area contributed by atoms with Gasteiger partial charge in [0.1, 0.15) is 5.60 Å². The van der Waals surface area contributed by atoms with Crippen molar-refractivity contribution in [1.82, 2.24) is 4.98 Å². The lowest BCUT2D eigenvalue weighted by Gasteiger charge is -2.36. The molecule has 1 aromatic carbocycles. The summed E-state index contributed by atoms with van der Waals surface area (Å²) in [5, 5.41) is 11.2. The van der Waals surface area contributed by atoms with E-state index in [1.165, 1.54) is 11.1 Å². The maximum atomic E-state index is 11.4. The first kappa shape index (κ1) is 16.3. The molecule has 0 spiro atoms. The van der Waals surface area contributed by atoms with Crippen molar-refractivity contribution in [3.05, 3.63) is 34.0 Å². The molecule has 1 aliphatic rings. The molecule has 0 saturated carbocycles. The van der Waals surface area contributed by atoms with Crippen molar-refractivity contribution in [3.8, 4) is 0 Å². The maximum Gasteiger partial charge on any atom is 0.306 e. The third-order valence-corrected chi connectivity index (χ3v) is 5.07. The number of fused-ring (bicyclic) bond motifs is 3. The molecule has 2 N–H and O–H groups in total. The van der Waals surface area contributed by atoms with Crippen LogP contribution in [0.5, 0.6) is 0 Å². The van der Waals surface area contributed by atoms with E-state index in [-0.39, 0.29) is 6.42 Å². The predicted octanol–water partition coefficient (Wildman–Crippen LogP) is 4.43. The number of carboxylic acid groups (broad SMARTS) is 1. The number of aryl methyl sites for hydroxylation is 1. The molecule has 1 aliphatic heterocycles. The van der Waals surface area contributed by atoms with E-state index in [1.54, 1.807) is 0 Å². The molecule has 1 atom stereocenters. The number of nitrogens with one attached hydrogen (secondary N) is 1. The quantitative estimate of drug-likeness (QED) is 0.849. The molecule has 4 nitrogen and oxygen atoms in total. The van der Waals surface area contributed by atoms with Crippen LogP contribution in [0.2, 0.25) is 5.02 Å². The van der Waals surface area contributed by atoms with Crippen molar-refractivity contribution in [3.63, 3.8) is 0 Å². The molecule has 0 radical (unpaired) electrons. The number of halogens is 1. The molecule has 0 aliphatic carbocycles. The Hall–Kier alpha value is -1.52. The molecule has 2 heterocycles. The number of aromatic nitrogens is 1. The van der Waals surface area contributed by atoms with Crippen molar-refractivity contribution < 1.29 is 14.6 Å². The first-order valence-electron chi connectivity index (χ1n) is 8.20. The Labute approximate surface area is 140 Å². The van der Waals surface area contributed by atoms with E-state index in [0.717, 1.165) is 35.9 Å². The lowest BCUT2D eigenvalue weighted by molar-refractivity contribution is -0.149. The topological polar surface area (TPSA) is 62.3 Å². The first-order chi connectivity index (χ1) is 11.0. The number of hydrogen-bond acceptors (Lipinski definition) is 2. The Morgan fingerprint density at radius 1 is 1.43 bits per heavy atom. The zero-order valence-electron chi connectivity index (χ0n) is 13.5. The van der Waals surface area contributed by atoms with Crippen LogP contribution in [0.25, 0.3) is 10.9 Å². The van der Waals surface area contributed by atoms with Crippen LogP contribution < -0.4 is 0 Å². The van der Waals surface area contributed by atoms with Gasteiger partial charge in [-0.25, -0.2) is 0 Å². The largest absolute Gasteiger partial charge is 0.481 e. The van der Waals surface area contributed by atoms with Crippen LogP contribution in [0.15, 0.2) is 12.1 Å². The number of rotatable bonds is 5. The average molecular weight is 336 g/mol. The molecule has 2 aromatic rings. The highest BCUT2D eigenvalue weighted by Crippen LogP contribution is 2.44. The number of hydrogen-bond donors (Lipinski definition) is 2. The van der Waals surface area contributed by atoms with Gasteiger partial charge in [-0.15, -0.1) is 0 Å². The molecule has 124 valence electrons. The fraction of sp³-hybridized carbons (Fsp3) is 0.500. The number of benzene rings is 1. The number of aromatic amines is 1. The summed E-state index contributed by atoms with van der Waals surface area (Å²) in [5.74, 6) is -0.841. The van der Waals surface area contributed by atoms with Crippen molar-refractivity contribution in [1.29, 1.82) is 0 Å². The Morgan fingerprint density at radius 3 is 2.87 bits per heavy atom. The van der Waals surface area contributed by atoms with Gasteiger partial charge < -0.3 is 14.8 Å². The lowest BCUT2D eigenvalue weighted by atomic mass is 9.84. The summed E-state index contributed by atoms with van der Waals surface area (Å²) in [7, 11) is 0. The van der Waals surface area contributed by atoms with E-state index in [9.17, 15) is 9.90 Å². The summed E-state index contributed by atoms with van der Waals surface area (Å²) in [6.07, 6.45) is 3.21. The van der Waals surface area contributed by atoms with E-state index < -0.39 is 11.6 Å². The van der Waals surface area contributed by atoms with Crippen molar-refractivity contribution >= 4 is 28.5 Å². The van der Waals surface area contributed by atoms with Gasteiger partial charge in [0.15, 0.2) is 0 Å². The van der Waals surface area contributed by atoms with Gasteiger partial charge in [0.2, 0.25) is 0 Å². The van der Waals surface area contributed by atoms with Crippen LogP contribution in [-0.2, 0) is 28.0 Å². The minimum atomic E-state index is -0.841. The second kappa shape index (κ2) is 6.17. The molecule has 5 heteroatoms.